The summed E-state index contributed by atoms with van der Waals surface area (Å²) in [6.07, 6.45) is 3.22. The minimum Gasteiger partial charge on any atom is -0.493 e. The highest BCUT2D eigenvalue weighted by Gasteiger charge is 2.27. The molecule has 0 saturated carbocycles. The molecule has 0 amide bonds. The number of fused-ring (bicyclic) bond motifs is 1. The van der Waals surface area contributed by atoms with Crippen LogP contribution < -0.4 is 19.5 Å². The Labute approximate surface area is 115 Å². The van der Waals surface area contributed by atoms with E-state index in [0.29, 0.717) is 11.8 Å². The Morgan fingerprint density at radius 3 is 2.47 bits per heavy atom. The van der Waals surface area contributed by atoms with E-state index in [1.54, 1.807) is 21.3 Å². The quantitative estimate of drug-likeness (QED) is 0.888. The standard InChI is InChI=1S/C15H23NO3/c1-5-6-12-11-9-13(17-2)15(19-4)14(18-3)10(11)7-8-16-12/h9,12,16H,5-8H2,1-4H3. The lowest BCUT2D eigenvalue weighted by Gasteiger charge is -2.29. The molecule has 1 aromatic rings. The topological polar surface area (TPSA) is 39.7 Å². The van der Waals surface area contributed by atoms with E-state index in [0.717, 1.165) is 37.3 Å². The zero-order chi connectivity index (χ0) is 13.8. The van der Waals surface area contributed by atoms with Gasteiger partial charge in [0.1, 0.15) is 0 Å². The number of benzene rings is 1. The Morgan fingerprint density at radius 2 is 1.89 bits per heavy atom. The van der Waals surface area contributed by atoms with E-state index in [9.17, 15) is 0 Å². The SMILES string of the molecule is CCCC1NCCc2c1cc(OC)c(OC)c2OC. The Balaban J connectivity index is 2.56. The molecule has 0 spiro atoms. The Hall–Kier alpha value is -1.42. The van der Waals surface area contributed by atoms with Crippen molar-refractivity contribution in [1.29, 1.82) is 0 Å². The maximum atomic E-state index is 5.57. The average molecular weight is 265 g/mol. The van der Waals surface area contributed by atoms with Crippen molar-refractivity contribution < 1.29 is 14.2 Å². The zero-order valence-corrected chi connectivity index (χ0v) is 12.2. The van der Waals surface area contributed by atoms with Crippen molar-refractivity contribution in [2.75, 3.05) is 27.9 Å². The van der Waals surface area contributed by atoms with Crippen molar-refractivity contribution in [3.05, 3.63) is 17.2 Å². The molecule has 4 heteroatoms. The lowest BCUT2D eigenvalue weighted by molar-refractivity contribution is 0.317. The molecule has 19 heavy (non-hydrogen) atoms. The molecule has 2 rings (SSSR count). The van der Waals surface area contributed by atoms with Crippen LogP contribution in [0.5, 0.6) is 17.2 Å². The minimum atomic E-state index is 0.377. The van der Waals surface area contributed by atoms with Crippen LogP contribution in [0.3, 0.4) is 0 Å². The fraction of sp³-hybridized carbons (Fsp3) is 0.600. The van der Waals surface area contributed by atoms with Gasteiger partial charge in [-0.05, 0) is 31.0 Å². The number of ether oxygens (including phenoxy) is 3. The summed E-state index contributed by atoms with van der Waals surface area (Å²) >= 11 is 0. The summed E-state index contributed by atoms with van der Waals surface area (Å²) in [5, 5.41) is 3.56. The van der Waals surface area contributed by atoms with Gasteiger partial charge < -0.3 is 19.5 Å². The molecule has 1 aliphatic rings. The number of hydrogen-bond donors (Lipinski definition) is 1. The van der Waals surface area contributed by atoms with Crippen LogP contribution in [-0.4, -0.2) is 27.9 Å². The lowest BCUT2D eigenvalue weighted by atomic mass is 9.90. The van der Waals surface area contributed by atoms with Gasteiger partial charge in [0.25, 0.3) is 0 Å². The van der Waals surface area contributed by atoms with E-state index in [-0.39, 0.29) is 0 Å². The van der Waals surface area contributed by atoms with Crippen LogP contribution in [0.4, 0.5) is 0 Å². The summed E-state index contributed by atoms with van der Waals surface area (Å²) in [7, 11) is 5.00. The largest absolute Gasteiger partial charge is 0.493 e. The van der Waals surface area contributed by atoms with Crippen LogP contribution in [0.25, 0.3) is 0 Å². The number of nitrogens with one attached hydrogen (secondary N) is 1. The third-order valence-corrected chi connectivity index (χ3v) is 3.69. The van der Waals surface area contributed by atoms with Gasteiger partial charge in [-0.3, -0.25) is 0 Å². The maximum absolute atomic E-state index is 5.57. The van der Waals surface area contributed by atoms with Crippen LogP contribution in [0.15, 0.2) is 6.07 Å². The first kappa shape index (κ1) is 14.0. The second-order valence-electron chi connectivity index (χ2n) is 4.76. The van der Waals surface area contributed by atoms with Gasteiger partial charge >= 0.3 is 0 Å². The van der Waals surface area contributed by atoms with Gasteiger partial charge in [-0.15, -0.1) is 0 Å². The Bertz CT molecular complexity index is 446. The molecule has 0 radical (unpaired) electrons. The maximum Gasteiger partial charge on any atom is 0.203 e. The van der Waals surface area contributed by atoms with E-state index < -0.39 is 0 Å². The first-order valence-electron chi connectivity index (χ1n) is 6.81. The van der Waals surface area contributed by atoms with Crippen LogP contribution in [0.1, 0.15) is 36.9 Å². The monoisotopic (exact) mass is 265 g/mol. The third kappa shape index (κ3) is 2.50. The first-order valence-corrected chi connectivity index (χ1v) is 6.81. The molecule has 1 heterocycles. The van der Waals surface area contributed by atoms with Gasteiger partial charge in [-0.2, -0.15) is 0 Å². The average Bonchev–Trinajstić information content (AvgIpc) is 2.45. The smallest absolute Gasteiger partial charge is 0.203 e. The van der Waals surface area contributed by atoms with Crippen LogP contribution in [0, 0.1) is 0 Å². The van der Waals surface area contributed by atoms with E-state index in [1.165, 1.54) is 11.1 Å². The Morgan fingerprint density at radius 1 is 1.16 bits per heavy atom. The van der Waals surface area contributed by atoms with E-state index in [1.807, 2.05) is 0 Å². The van der Waals surface area contributed by atoms with E-state index in [4.69, 9.17) is 14.2 Å². The summed E-state index contributed by atoms with van der Waals surface area (Å²) in [6.45, 7) is 3.18. The van der Waals surface area contributed by atoms with Gasteiger partial charge in [0.15, 0.2) is 11.5 Å². The van der Waals surface area contributed by atoms with Crippen LogP contribution in [0.2, 0.25) is 0 Å². The van der Waals surface area contributed by atoms with Crippen molar-refractivity contribution in [2.24, 2.45) is 0 Å². The van der Waals surface area contributed by atoms with E-state index in [2.05, 4.69) is 18.3 Å². The lowest BCUT2D eigenvalue weighted by Crippen LogP contribution is -2.30. The Kier molecular flexibility index (Phi) is 4.53. The molecule has 1 atom stereocenters. The summed E-state index contributed by atoms with van der Waals surface area (Å²) in [4.78, 5) is 0. The number of hydrogen-bond acceptors (Lipinski definition) is 4. The molecule has 4 nitrogen and oxygen atoms in total. The van der Waals surface area contributed by atoms with Crippen molar-refractivity contribution in [3.8, 4) is 17.2 Å². The fourth-order valence-electron chi connectivity index (χ4n) is 2.83. The molecular weight excluding hydrogens is 242 g/mol. The highest BCUT2D eigenvalue weighted by Crippen LogP contribution is 2.45. The molecule has 0 aliphatic carbocycles. The predicted octanol–water partition coefficient (Wildman–Crippen LogP) is 2.70. The van der Waals surface area contributed by atoms with Crippen molar-refractivity contribution >= 4 is 0 Å². The molecular formula is C15H23NO3. The highest BCUT2D eigenvalue weighted by atomic mass is 16.5. The highest BCUT2D eigenvalue weighted by molar-refractivity contribution is 5.60. The summed E-state index contributed by atoms with van der Waals surface area (Å²) in [5.74, 6) is 2.25. The summed E-state index contributed by atoms with van der Waals surface area (Å²) in [5.41, 5.74) is 2.53. The van der Waals surface area contributed by atoms with Crippen molar-refractivity contribution in [3.63, 3.8) is 0 Å². The van der Waals surface area contributed by atoms with Gasteiger partial charge in [-0.25, -0.2) is 0 Å². The zero-order valence-electron chi connectivity index (χ0n) is 12.2. The fourth-order valence-corrected chi connectivity index (χ4v) is 2.83. The summed E-state index contributed by atoms with van der Waals surface area (Å²) in [6, 6.07) is 2.46. The van der Waals surface area contributed by atoms with Gasteiger partial charge in [0.05, 0.1) is 21.3 Å². The molecule has 0 fully saturated rings. The molecule has 1 unspecified atom stereocenters. The molecule has 1 aliphatic heterocycles. The minimum absolute atomic E-state index is 0.377. The van der Waals surface area contributed by atoms with Gasteiger partial charge in [0.2, 0.25) is 5.75 Å². The molecule has 106 valence electrons. The summed E-state index contributed by atoms with van der Waals surface area (Å²) < 4.78 is 16.5. The van der Waals surface area contributed by atoms with Crippen molar-refractivity contribution in [2.45, 2.75) is 32.2 Å². The molecule has 0 aromatic heterocycles. The van der Waals surface area contributed by atoms with Crippen molar-refractivity contribution in [1.82, 2.24) is 5.32 Å². The second-order valence-corrected chi connectivity index (χ2v) is 4.76. The first-order chi connectivity index (χ1) is 9.26. The van der Waals surface area contributed by atoms with Crippen LogP contribution >= 0.6 is 0 Å². The third-order valence-electron chi connectivity index (χ3n) is 3.69. The predicted molar refractivity (Wildman–Crippen MR) is 75.5 cm³/mol. The van der Waals surface area contributed by atoms with Gasteiger partial charge in [-0.1, -0.05) is 13.3 Å². The molecule has 0 bridgehead atoms. The number of methoxy groups -OCH3 is 3. The number of rotatable bonds is 5. The normalized spacial score (nSPS) is 17.8. The second kappa shape index (κ2) is 6.15. The molecule has 1 N–H and O–H groups in total. The molecule has 0 saturated heterocycles. The van der Waals surface area contributed by atoms with Crippen LogP contribution in [-0.2, 0) is 6.42 Å². The molecule has 1 aromatic carbocycles. The van der Waals surface area contributed by atoms with E-state index >= 15 is 0 Å². The van der Waals surface area contributed by atoms with Gasteiger partial charge in [0, 0.05) is 11.6 Å².